The maximum Gasteiger partial charge on any atom is 0.319 e. The lowest BCUT2D eigenvalue weighted by molar-refractivity contribution is 0.246. The minimum absolute atomic E-state index is 0.0136. The predicted octanol–water partition coefficient (Wildman–Crippen LogP) is 2.77. The van der Waals surface area contributed by atoms with Crippen LogP contribution in [0.4, 0.5) is 16.3 Å². The van der Waals surface area contributed by atoms with Crippen LogP contribution in [0.3, 0.4) is 0 Å². The van der Waals surface area contributed by atoms with Gasteiger partial charge in [0, 0.05) is 32.4 Å². The highest BCUT2D eigenvalue weighted by molar-refractivity contribution is 6.33. The molecule has 1 saturated heterocycles. The van der Waals surface area contributed by atoms with Gasteiger partial charge in [-0.05, 0) is 37.1 Å². The first-order chi connectivity index (χ1) is 14.0. The second-order valence-corrected chi connectivity index (χ2v) is 7.39. The van der Waals surface area contributed by atoms with Gasteiger partial charge in [0.05, 0.1) is 10.7 Å². The molecule has 3 aromatic rings. The summed E-state index contributed by atoms with van der Waals surface area (Å²) < 4.78 is 1.53. The molecule has 0 aliphatic carbocycles. The van der Waals surface area contributed by atoms with E-state index >= 15 is 0 Å². The Morgan fingerprint density at radius 1 is 1.17 bits per heavy atom. The van der Waals surface area contributed by atoms with Crippen molar-refractivity contribution in [2.45, 2.75) is 18.9 Å². The lowest BCUT2D eigenvalue weighted by atomic mass is 10.1. The number of nitrogens with one attached hydrogen (secondary N) is 2. The molecule has 8 nitrogen and oxygen atoms in total. The van der Waals surface area contributed by atoms with Crippen LogP contribution in [-0.4, -0.2) is 39.7 Å². The van der Waals surface area contributed by atoms with Gasteiger partial charge < -0.3 is 15.5 Å². The van der Waals surface area contributed by atoms with Gasteiger partial charge in [0.1, 0.15) is 5.52 Å². The van der Waals surface area contributed by atoms with E-state index in [-0.39, 0.29) is 17.6 Å². The number of rotatable bonds is 3. The fourth-order valence-electron chi connectivity index (χ4n) is 3.49. The van der Waals surface area contributed by atoms with Gasteiger partial charge in [-0.15, -0.1) is 0 Å². The van der Waals surface area contributed by atoms with Gasteiger partial charge in [0.2, 0.25) is 0 Å². The number of fused-ring (bicyclic) bond motifs is 1. The van der Waals surface area contributed by atoms with Gasteiger partial charge >= 0.3 is 6.03 Å². The van der Waals surface area contributed by atoms with E-state index < -0.39 is 0 Å². The van der Waals surface area contributed by atoms with Crippen LogP contribution in [0.1, 0.15) is 12.8 Å². The van der Waals surface area contributed by atoms with Crippen LogP contribution in [0.2, 0.25) is 5.02 Å². The fraction of sp³-hybridized carbons (Fsp3) is 0.300. The van der Waals surface area contributed by atoms with Crippen LogP contribution in [0, 0.1) is 0 Å². The largest absolute Gasteiger partial charge is 0.352 e. The van der Waals surface area contributed by atoms with Crippen molar-refractivity contribution in [1.29, 1.82) is 0 Å². The zero-order valence-corrected chi connectivity index (χ0v) is 16.7. The minimum Gasteiger partial charge on any atom is -0.352 e. The average molecular weight is 413 g/mol. The molecule has 1 aromatic carbocycles. The maximum absolute atomic E-state index is 12.7. The number of para-hydroxylation sites is 1. The van der Waals surface area contributed by atoms with E-state index in [0.717, 1.165) is 0 Å². The molecule has 2 aromatic heterocycles. The van der Waals surface area contributed by atoms with Gasteiger partial charge in [-0.1, -0.05) is 23.7 Å². The van der Waals surface area contributed by atoms with E-state index in [0.29, 0.717) is 53.6 Å². The Balaban J connectivity index is 1.40. The van der Waals surface area contributed by atoms with E-state index in [1.807, 2.05) is 23.1 Å². The third-order valence-corrected chi connectivity index (χ3v) is 5.39. The molecular weight excluding hydrogens is 392 g/mol. The Kier molecular flexibility index (Phi) is 5.35. The number of urea groups is 1. The number of aryl methyl sites for hydroxylation is 1. The molecule has 0 radical (unpaired) electrons. The fourth-order valence-corrected chi connectivity index (χ4v) is 3.67. The summed E-state index contributed by atoms with van der Waals surface area (Å²) in [5.74, 6) is 0.423. The zero-order chi connectivity index (χ0) is 20.4. The highest BCUT2D eigenvalue weighted by Crippen LogP contribution is 2.21. The zero-order valence-electron chi connectivity index (χ0n) is 15.9. The van der Waals surface area contributed by atoms with Crippen LogP contribution >= 0.6 is 11.6 Å². The number of pyridine rings is 1. The van der Waals surface area contributed by atoms with Gasteiger partial charge in [0.15, 0.2) is 11.5 Å². The topological polar surface area (TPSA) is 92.2 Å². The number of hydrogen-bond acceptors (Lipinski definition) is 5. The number of anilines is 2. The highest BCUT2D eigenvalue weighted by Gasteiger charge is 2.24. The monoisotopic (exact) mass is 412 g/mol. The van der Waals surface area contributed by atoms with E-state index in [1.165, 1.54) is 4.57 Å². The Morgan fingerprint density at radius 3 is 2.69 bits per heavy atom. The molecule has 0 spiro atoms. The predicted molar refractivity (Wildman–Crippen MR) is 114 cm³/mol. The standard InChI is InChI=1S/C20H21ClN6O2/c1-26-17-16(7-4-10-22-17)24-18(19(26)28)27-11-8-13(9-12-27)23-20(29)25-15-6-3-2-5-14(15)21/h2-7,10,13H,8-9,11-12H2,1H3,(H2,23,25,29). The van der Waals surface area contributed by atoms with Crippen LogP contribution in [0.15, 0.2) is 47.4 Å². The summed E-state index contributed by atoms with van der Waals surface area (Å²) in [6.07, 6.45) is 3.08. The molecule has 1 aliphatic rings. The molecule has 3 heterocycles. The summed E-state index contributed by atoms with van der Waals surface area (Å²) in [5, 5.41) is 6.23. The number of hydrogen-bond donors (Lipinski definition) is 2. The van der Waals surface area contributed by atoms with Crippen molar-refractivity contribution >= 4 is 40.3 Å². The second kappa shape index (κ2) is 8.08. The van der Waals surface area contributed by atoms with E-state index in [9.17, 15) is 9.59 Å². The smallest absolute Gasteiger partial charge is 0.319 e. The first kappa shape index (κ1) is 19.2. The Labute approximate surface area is 172 Å². The first-order valence-electron chi connectivity index (χ1n) is 9.41. The van der Waals surface area contributed by atoms with Crippen LogP contribution in [0.25, 0.3) is 11.2 Å². The number of piperidine rings is 1. The lowest BCUT2D eigenvalue weighted by Crippen LogP contribution is -2.47. The molecular formula is C20H21ClN6O2. The summed E-state index contributed by atoms with van der Waals surface area (Å²) in [5.41, 5.74) is 1.65. The number of aromatic nitrogens is 3. The summed E-state index contributed by atoms with van der Waals surface area (Å²) in [6.45, 7) is 1.26. The van der Waals surface area contributed by atoms with E-state index in [4.69, 9.17) is 11.6 Å². The third kappa shape index (κ3) is 4.02. The highest BCUT2D eigenvalue weighted by atomic mass is 35.5. The Morgan fingerprint density at radius 2 is 1.93 bits per heavy atom. The molecule has 2 N–H and O–H groups in total. The van der Waals surface area contributed by atoms with Crippen molar-refractivity contribution in [3.63, 3.8) is 0 Å². The van der Waals surface area contributed by atoms with Gasteiger partial charge in [-0.25, -0.2) is 14.8 Å². The van der Waals surface area contributed by atoms with Crippen LogP contribution < -0.4 is 21.1 Å². The van der Waals surface area contributed by atoms with Crippen molar-refractivity contribution in [2.24, 2.45) is 7.05 Å². The molecule has 4 rings (SSSR count). The molecule has 0 atom stereocenters. The molecule has 1 fully saturated rings. The molecule has 0 saturated carbocycles. The molecule has 0 bridgehead atoms. The minimum atomic E-state index is -0.289. The maximum atomic E-state index is 12.7. The molecule has 0 unspecified atom stereocenters. The third-order valence-electron chi connectivity index (χ3n) is 5.06. The van der Waals surface area contributed by atoms with Crippen molar-refractivity contribution in [3.8, 4) is 0 Å². The number of nitrogens with zero attached hydrogens (tertiary/aromatic N) is 4. The number of amides is 2. The number of benzene rings is 1. The molecule has 2 amide bonds. The van der Waals surface area contributed by atoms with E-state index in [2.05, 4.69) is 20.6 Å². The average Bonchev–Trinajstić information content (AvgIpc) is 2.73. The quantitative estimate of drug-likeness (QED) is 0.690. The summed E-state index contributed by atoms with van der Waals surface area (Å²) in [7, 11) is 1.70. The molecule has 9 heteroatoms. The summed E-state index contributed by atoms with van der Waals surface area (Å²) >= 11 is 6.07. The van der Waals surface area contributed by atoms with Crippen molar-refractivity contribution in [3.05, 3.63) is 58.0 Å². The molecule has 1 aliphatic heterocycles. The van der Waals surface area contributed by atoms with E-state index in [1.54, 1.807) is 31.4 Å². The number of carbonyl (C=O) groups is 1. The Bertz CT molecular complexity index is 1110. The normalized spacial score (nSPS) is 14.8. The SMILES string of the molecule is Cn1c(=O)c(N2CCC(NC(=O)Nc3ccccc3Cl)CC2)nc2cccnc21. The van der Waals surface area contributed by atoms with Gasteiger partial charge in [-0.2, -0.15) is 0 Å². The van der Waals surface area contributed by atoms with Crippen LogP contribution in [-0.2, 0) is 7.05 Å². The number of carbonyl (C=O) groups excluding carboxylic acids is 1. The second-order valence-electron chi connectivity index (χ2n) is 6.99. The first-order valence-corrected chi connectivity index (χ1v) is 9.79. The van der Waals surface area contributed by atoms with Gasteiger partial charge in [-0.3, -0.25) is 9.36 Å². The van der Waals surface area contributed by atoms with Crippen molar-refractivity contribution in [1.82, 2.24) is 19.9 Å². The molecule has 150 valence electrons. The molecule has 29 heavy (non-hydrogen) atoms. The summed E-state index contributed by atoms with van der Waals surface area (Å²) in [4.78, 5) is 35.7. The lowest BCUT2D eigenvalue weighted by Gasteiger charge is -2.32. The van der Waals surface area contributed by atoms with Gasteiger partial charge in [0.25, 0.3) is 5.56 Å². The number of halogens is 1. The Hall–Kier alpha value is -3.13. The van der Waals surface area contributed by atoms with Crippen molar-refractivity contribution < 1.29 is 4.79 Å². The van der Waals surface area contributed by atoms with Crippen molar-refractivity contribution in [2.75, 3.05) is 23.3 Å². The van der Waals surface area contributed by atoms with Crippen LogP contribution in [0.5, 0.6) is 0 Å². The summed E-state index contributed by atoms with van der Waals surface area (Å²) in [6, 6.07) is 10.5.